The second-order valence-electron chi connectivity index (χ2n) is 4.99. The molecule has 0 aliphatic rings. The zero-order chi connectivity index (χ0) is 16.0. The number of fused-ring (bicyclic) bond motifs is 3. The van der Waals surface area contributed by atoms with Crippen LogP contribution in [0.5, 0.6) is 0 Å². The molecule has 0 unspecified atom stereocenters. The highest BCUT2D eigenvalue weighted by Crippen LogP contribution is 2.31. The highest BCUT2D eigenvalue weighted by molar-refractivity contribution is 6.33. The summed E-state index contributed by atoms with van der Waals surface area (Å²) in [4.78, 5) is 8.74. The van der Waals surface area contributed by atoms with Crippen molar-refractivity contribution in [3.05, 3.63) is 64.5 Å². The number of nitrogens with zero attached hydrogens (tertiary/aromatic N) is 4. The van der Waals surface area contributed by atoms with Gasteiger partial charge in [-0.25, -0.2) is 4.98 Å². The molecule has 0 spiro atoms. The van der Waals surface area contributed by atoms with Crippen LogP contribution < -0.4 is 0 Å². The van der Waals surface area contributed by atoms with Gasteiger partial charge >= 0.3 is 0 Å². The molecule has 2 aromatic carbocycles. The molecule has 0 aliphatic carbocycles. The second kappa shape index (κ2) is 5.24. The molecule has 2 heterocycles. The van der Waals surface area contributed by atoms with Gasteiger partial charge in [-0.15, -0.1) is 0 Å². The Hall–Kier alpha value is -2.61. The molecule has 4 aromatic rings. The maximum absolute atomic E-state index is 9.48. The summed E-state index contributed by atoms with van der Waals surface area (Å²) in [6, 6.07) is 14.9. The van der Waals surface area contributed by atoms with Gasteiger partial charge in [-0.3, -0.25) is 9.55 Å². The molecule has 0 aliphatic heterocycles. The molecule has 0 amide bonds. The van der Waals surface area contributed by atoms with Gasteiger partial charge in [-0.2, -0.15) is 5.26 Å². The van der Waals surface area contributed by atoms with Crippen LogP contribution in [-0.2, 0) is 0 Å². The normalized spacial score (nSPS) is 11.0. The number of pyridine rings is 1. The summed E-state index contributed by atoms with van der Waals surface area (Å²) >= 11 is 12.5. The fourth-order valence-corrected chi connectivity index (χ4v) is 3.06. The number of nitriles is 1. The van der Waals surface area contributed by atoms with E-state index >= 15 is 0 Å². The Balaban J connectivity index is 2.24. The summed E-state index contributed by atoms with van der Waals surface area (Å²) in [7, 11) is 0. The summed E-state index contributed by atoms with van der Waals surface area (Å²) in [5.41, 5.74) is 2.86. The quantitative estimate of drug-likeness (QED) is 0.503. The van der Waals surface area contributed by atoms with Crippen LogP contribution in [0.1, 0.15) is 5.82 Å². The molecule has 0 atom stereocenters. The van der Waals surface area contributed by atoms with E-state index in [0.717, 1.165) is 16.4 Å². The molecule has 23 heavy (non-hydrogen) atoms. The Kier molecular flexibility index (Phi) is 3.19. The fourth-order valence-electron chi connectivity index (χ4n) is 2.67. The van der Waals surface area contributed by atoms with Crippen LogP contribution in [0.15, 0.2) is 48.7 Å². The first-order valence-corrected chi connectivity index (χ1v) is 7.56. The van der Waals surface area contributed by atoms with Crippen molar-refractivity contribution >= 4 is 45.1 Å². The SMILES string of the molecule is N#Cc1nc2cnc3ccc(Cl)cc3c2n1-c1ccccc1Cl. The lowest BCUT2D eigenvalue weighted by atomic mass is 10.2. The lowest BCUT2D eigenvalue weighted by molar-refractivity contribution is 1.05. The number of imidazole rings is 1. The van der Waals surface area contributed by atoms with Gasteiger partial charge in [0.15, 0.2) is 0 Å². The van der Waals surface area contributed by atoms with E-state index in [4.69, 9.17) is 23.2 Å². The largest absolute Gasteiger partial charge is 0.282 e. The number of benzene rings is 2. The summed E-state index contributed by atoms with van der Waals surface area (Å²) in [5, 5.41) is 11.4. The predicted molar refractivity (Wildman–Crippen MR) is 91.1 cm³/mol. The van der Waals surface area contributed by atoms with Crippen molar-refractivity contribution in [1.29, 1.82) is 5.26 Å². The van der Waals surface area contributed by atoms with Gasteiger partial charge in [0.05, 0.1) is 27.9 Å². The van der Waals surface area contributed by atoms with Crippen molar-refractivity contribution in [2.75, 3.05) is 0 Å². The van der Waals surface area contributed by atoms with Crippen molar-refractivity contribution in [3.8, 4) is 11.8 Å². The minimum atomic E-state index is 0.252. The summed E-state index contributed by atoms with van der Waals surface area (Å²) in [5.74, 6) is 0.252. The van der Waals surface area contributed by atoms with Crippen molar-refractivity contribution < 1.29 is 0 Å². The Morgan fingerprint density at radius 1 is 1.04 bits per heavy atom. The highest BCUT2D eigenvalue weighted by Gasteiger charge is 2.17. The smallest absolute Gasteiger partial charge is 0.218 e. The minimum Gasteiger partial charge on any atom is -0.282 e. The monoisotopic (exact) mass is 338 g/mol. The van der Waals surface area contributed by atoms with Crippen molar-refractivity contribution in [2.45, 2.75) is 0 Å². The highest BCUT2D eigenvalue weighted by atomic mass is 35.5. The molecule has 110 valence electrons. The Bertz CT molecular complexity index is 1110. The molecule has 2 aromatic heterocycles. The molecular formula is C17H8Cl2N4. The van der Waals surface area contributed by atoms with E-state index in [1.807, 2.05) is 30.3 Å². The average molecular weight is 339 g/mol. The summed E-state index contributed by atoms with van der Waals surface area (Å²) in [6.07, 6.45) is 1.65. The zero-order valence-corrected chi connectivity index (χ0v) is 13.2. The number of hydrogen-bond donors (Lipinski definition) is 0. The number of halogens is 2. The molecule has 0 fully saturated rings. The first-order valence-electron chi connectivity index (χ1n) is 6.81. The zero-order valence-electron chi connectivity index (χ0n) is 11.7. The second-order valence-corrected chi connectivity index (χ2v) is 5.83. The van der Waals surface area contributed by atoms with Gasteiger partial charge < -0.3 is 0 Å². The number of para-hydroxylation sites is 1. The van der Waals surface area contributed by atoms with Crippen molar-refractivity contribution in [2.24, 2.45) is 0 Å². The Labute approximate surface area is 141 Å². The van der Waals surface area contributed by atoms with Gasteiger partial charge in [-0.1, -0.05) is 35.3 Å². The topological polar surface area (TPSA) is 54.5 Å². The van der Waals surface area contributed by atoms with Crippen LogP contribution in [0, 0.1) is 11.3 Å². The number of rotatable bonds is 1. The van der Waals surface area contributed by atoms with Crippen LogP contribution in [0.2, 0.25) is 10.0 Å². The van der Waals surface area contributed by atoms with Gasteiger partial charge in [-0.05, 0) is 30.3 Å². The van der Waals surface area contributed by atoms with Crippen LogP contribution in [0.3, 0.4) is 0 Å². The third-order valence-electron chi connectivity index (χ3n) is 3.64. The van der Waals surface area contributed by atoms with E-state index in [1.165, 1.54) is 0 Å². The van der Waals surface area contributed by atoms with E-state index in [-0.39, 0.29) is 5.82 Å². The molecule has 0 N–H and O–H groups in total. The van der Waals surface area contributed by atoms with Crippen LogP contribution in [-0.4, -0.2) is 14.5 Å². The molecule has 0 saturated heterocycles. The first-order chi connectivity index (χ1) is 11.2. The standard InChI is InChI=1S/C17H8Cl2N4/c18-10-5-6-13-11(7-10)17-14(9-21-13)22-16(8-20)23(17)15-4-2-1-3-12(15)19/h1-7,9H. The van der Waals surface area contributed by atoms with E-state index in [1.54, 1.807) is 22.9 Å². The average Bonchev–Trinajstić information content (AvgIpc) is 2.94. The fraction of sp³-hybridized carbons (Fsp3) is 0. The Morgan fingerprint density at radius 3 is 2.65 bits per heavy atom. The first kappa shape index (κ1) is 14.0. The van der Waals surface area contributed by atoms with E-state index in [9.17, 15) is 5.26 Å². The number of hydrogen-bond acceptors (Lipinski definition) is 3. The van der Waals surface area contributed by atoms with Gasteiger partial charge in [0.1, 0.15) is 11.6 Å². The van der Waals surface area contributed by atoms with Gasteiger partial charge in [0, 0.05) is 10.4 Å². The summed E-state index contributed by atoms with van der Waals surface area (Å²) in [6.45, 7) is 0. The number of aromatic nitrogens is 3. The predicted octanol–water partition coefficient (Wildman–Crippen LogP) is 4.75. The molecule has 0 bridgehead atoms. The third kappa shape index (κ3) is 2.14. The van der Waals surface area contributed by atoms with Crippen LogP contribution in [0.25, 0.3) is 27.6 Å². The molecule has 6 heteroatoms. The van der Waals surface area contributed by atoms with E-state index < -0.39 is 0 Å². The van der Waals surface area contributed by atoms with Crippen LogP contribution in [0.4, 0.5) is 0 Å². The third-order valence-corrected chi connectivity index (χ3v) is 4.19. The maximum Gasteiger partial charge on any atom is 0.218 e. The summed E-state index contributed by atoms with van der Waals surface area (Å²) < 4.78 is 1.75. The van der Waals surface area contributed by atoms with E-state index in [0.29, 0.717) is 21.2 Å². The minimum absolute atomic E-state index is 0.252. The van der Waals surface area contributed by atoms with Crippen molar-refractivity contribution in [1.82, 2.24) is 14.5 Å². The lowest BCUT2D eigenvalue weighted by Crippen LogP contribution is -1.99. The molecule has 0 saturated carbocycles. The van der Waals surface area contributed by atoms with Gasteiger partial charge in [0.2, 0.25) is 5.82 Å². The van der Waals surface area contributed by atoms with Crippen LogP contribution >= 0.6 is 23.2 Å². The van der Waals surface area contributed by atoms with Gasteiger partial charge in [0.25, 0.3) is 0 Å². The van der Waals surface area contributed by atoms with E-state index in [2.05, 4.69) is 16.0 Å². The Morgan fingerprint density at radius 2 is 1.87 bits per heavy atom. The molecule has 4 rings (SSSR count). The van der Waals surface area contributed by atoms with Crippen molar-refractivity contribution in [3.63, 3.8) is 0 Å². The molecule has 0 radical (unpaired) electrons. The lowest BCUT2D eigenvalue weighted by Gasteiger charge is -2.09. The molecular weight excluding hydrogens is 331 g/mol. The maximum atomic E-state index is 9.48. The molecule has 4 nitrogen and oxygen atoms in total.